The summed E-state index contributed by atoms with van der Waals surface area (Å²) in [5, 5.41) is 0. The first-order valence-electron chi connectivity index (χ1n) is 9.10. The highest BCUT2D eigenvalue weighted by Crippen LogP contribution is 2.67. The Hall–Kier alpha value is -0.830. The maximum Gasteiger partial charge on any atom is 0.309 e. The molecule has 3 fully saturated rings. The number of rotatable bonds is 5. The van der Waals surface area contributed by atoms with Crippen LogP contribution in [0.2, 0.25) is 0 Å². The van der Waals surface area contributed by atoms with Crippen molar-refractivity contribution in [3.63, 3.8) is 0 Å². The van der Waals surface area contributed by atoms with Crippen LogP contribution in [0.25, 0.3) is 0 Å². The molecule has 3 nitrogen and oxygen atoms in total. The number of hydrogen-bond donors (Lipinski definition) is 0. The van der Waals surface area contributed by atoms with Crippen molar-refractivity contribution >= 4 is 5.97 Å². The highest BCUT2D eigenvalue weighted by atomic mass is 16.6. The predicted molar refractivity (Wildman–Crippen MR) is 84.1 cm³/mol. The number of esters is 1. The van der Waals surface area contributed by atoms with E-state index >= 15 is 0 Å². The van der Waals surface area contributed by atoms with Crippen molar-refractivity contribution in [3.8, 4) is 0 Å². The van der Waals surface area contributed by atoms with Gasteiger partial charge in [0.15, 0.2) is 0 Å². The van der Waals surface area contributed by atoms with Crippen LogP contribution in [-0.2, 0) is 14.3 Å². The number of carbonyl (C=O) groups excluding carboxylic acids is 1. The Kier molecular flexibility index (Phi) is 3.60. The normalized spacial score (nSPS) is 46.8. The lowest BCUT2D eigenvalue weighted by molar-refractivity contribution is -0.163. The van der Waals surface area contributed by atoms with Gasteiger partial charge in [0.2, 0.25) is 0 Å². The van der Waals surface area contributed by atoms with Crippen LogP contribution in [0, 0.1) is 41.4 Å². The minimum atomic E-state index is -0.151. The van der Waals surface area contributed by atoms with E-state index in [0.29, 0.717) is 12.5 Å². The third kappa shape index (κ3) is 2.08. The molecule has 0 aromatic heterocycles. The molecule has 4 aliphatic carbocycles. The summed E-state index contributed by atoms with van der Waals surface area (Å²) in [5.41, 5.74) is 0. The molecular weight excluding hydrogens is 276 g/mol. The number of hydrogen-bond acceptors (Lipinski definition) is 3. The lowest BCUT2D eigenvalue weighted by Crippen LogP contribution is -2.38. The van der Waals surface area contributed by atoms with Crippen LogP contribution < -0.4 is 0 Å². The molecule has 0 radical (unpaired) electrons. The van der Waals surface area contributed by atoms with E-state index < -0.39 is 0 Å². The van der Waals surface area contributed by atoms with E-state index in [2.05, 4.69) is 12.2 Å². The van der Waals surface area contributed by atoms with Gasteiger partial charge in [-0.3, -0.25) is 4.79 Å². The summed E-state index contributed by atoms with van der Waals surface area (Å²) in [5.74, 6) is 4.75. The third-order valence-electron chi connectivity index (χ3n) is 6.97. The summed E-state index contributed by atoms with van der Waals surface area (Å²) in [7, 11) is 0. The van der Waals surface area contributed by atoms with Gasteiger partial charge in [0.25, 0.3) is 0 Å². The van der Waals surface area contributed by atoms with Gasteiger partial charge >= 0.3 is 5.97 Å². The molecule has 4 aliphatic rings. The maximum atomic E-state index is 12.7. The molecular formula is C19H28O3. The van der Waals surface area contributed by atoms with Crippen molar-refractivity contribution < 1.29 is 14.3 Å². The Labute approximate surface area is 133 Å². The maximum absolute atomic E-state index is 12.7. The van der Waals surface area contributed by atoms with Crippen molar-refractivity contribution in [2.24, 2.45) is 41.4 Å². The van der Waals surface area contributed by atoms with E-state index in [1.54, 1.807) is 0 Å². The van der Waals surface area contributed by atoms with Crippen LogP contribution in [0.1, 0.15) is 40.0 Å². The van der Waals surface area contributed by atoms with E-state index in [0.717, 1.165) is 36.0 Å². The van der Waals surface area contributed by atoms with Gasteiger partial charge < -0.3 is 9.47 Å². The summed E-state index contributed by atoms with van der Waals surface area (Å²) >= 11 is 0. The van der Waals surface area contributed by atoms with Gasteiger partial charge in [0.05, 0.1) is 12.0 Å². The molecule has 4 rings (SSSR count). The number of allylic oxidation sites excluding steroid dienone is 2. The minimum absolute atomic E-state index is 0.0225. The van der Waals surface area contributed by atoms with Crippen LogP contribution >= 0.6 is 0 Å². The first-order valence-corrected chi connectivity index (χ1v) is 9.10. The zero-order valence-electron chi connectivity index (χ0n) is 13.9. The smallest absolute Gasteiger partial charge is 0.309 e. The van der Waals surface area contributed by atoms with Gasteiger partial charge in [-0.25, -0.2) is 0 Å². The Morgan fingerprint density at radius 2 is 1.82 bits per heavy atom. The summed E-state index contributed by atoms with van der Waals surface area (Å²) < 4.78 is 11.3. The predicted octanol–water partition coefficient (Wildman–Crippen LogP) is 3.44. The third-order valence-corrected chi connectivity index (χ3v) is 6.97. The van der Waals surface area contributed by atoms with Gasteiger partial charge in [-0.05, 0) is 75.5 Å². The molecule has 22 heavy (non-hydrogen) atoms. The highest BCUT2D eigenvalue weighted by Gasteiger charge is 2.62. The van der Waals surface area contributed by atoms with E-state index in [4.69, 9.17) is 9.47 Å². The van der Waals surface area contributed by atoms with Gasteiger partial charge in [0.1, 0.15) is 6.10 Å². The molecule has 0 spiro atoms. The lowest BCUT2D eigenvalue weighted by atomic mass is 9.69. The fraction of sp³-hybridized carbons (Fsp3) is 0.842. The zero-order chi connectivity index (χ0) is 15.4. The molecule has 0 aliphatic heterocycles. The standard InChI is InChI=1S/C19H28O3/c1-4-21-10(2)11(3)22-19(20)16-9-14-8-15(16)18-13-6-5-12(7-13)17(14)18/h5-6,10-18H,4,7-9H2,1-3H3. The number of ether oxygens (including phenoxy) is 2. The Morgan fingerprint density at radius 1 is 1.09 bits per heavy atom. The van der Waals surface area contributed by atoms with Crippen molar-refractivity contribution in [3.05, 3.63) is 12.2 Å². The van der Waals surface area contributed by atoms with Crippen LogP contribution in [0.5, 0.6) is 0 Å². The summed E-state index contributed by atoms with van der Waals surface area (Å²) in [4.78, 5) is 12.7. The molecule has 122 valence electrons. The summed E-state index contributed by atoms with van der Waals surface area (Å²) in [6.07, 6.45) is 8.38. The number of carbonyl (C=O) groups is 1. The Balaban J connectivity index is 1.41. The molecule has 3 heteroatoms. The largest absolute Gasteiger partial charge is 0.460 e. The second-order valence-corrected chi connectivity index (χ2v) is 7.91. The average Bonchev–Trinajstić information content (AvgIpc) is 3.25. The van der Waals surface area contributed by atoms with E-state index in [9.17, 15) is 4.79 Å². The van der Waals surface area contributed by atoms with Gasteiger partial charge in [0, 0.05) is 6.61 Å². The second kappa shape index (κ2) is 5.36. The highest BCUT2D eigenvalue weighted by molar-refractivity contribution is 5.74. The van der Waals surface area contributed by atoms with E-state index in [1.165, 1.54) is 12.8 Å². The zero-order valence-corrected chi connectivity index (χ0v) is 13.9. The fourth-order valence-corrected chi connectivity index (χ4v) is 6.05. The molecule has 4 bridgehead atoms. The molecule has 0 amide bonds. The molecule has 0 heterocycles. The van der Waals surface area contributed by atoms with Crippen LogP contribution in [-0.4, -0.2) is 24.8 Å². The van der Waals surface area contributed by atoms with E-state index in [-0.39, 0.29) is 24.1 Å². The number of fused-ring (bicyclic) bond motifs is 9. The molecule has 0 saturated heterocycles. The first kappa shape index (κ1) is 14.7. The van der Waals surface area contributed by atoms with Gasteiger partial charge in [-0.2, -0.15) is 0 Å². The average molecular weight is 304 g/mol. The molecule has 9 unspecified atom stereocenters. The molecule has 0 aromatic rings. The van der Waals surface area contributed by atoms with Crippen LogP contribution in [0.4, 0.5) is 0 Å². The monoisotopic (exact) mass is 304 g/mol. The Bertz CT molecular complexity index is 485. The molecule has 0 aromatic carbocycles. The fourth-order valence-electron chi connectivity index (χ4n) is 6.05. The quantitative estimate of drug-likeness (QED) is 0.443. The lowest BCUT2D eigenvalue weighted by Gasteiger charge is -2.36. The topological polar surface area (TPSA) is 35.5 Å². The second-order valence-electron chi connectivity index (χ2n) is 7.91. The van der Waals surface area contributed by atoms with Crippen molar-refractivity contribution in [1.82, 2.24) is 0 Å². The molecule has 3 saturated carbocycles. The first-order chi connectivity index (χ1) is 10.6. The van der Waals surface area contributed by atoms with Crippen molar-refractivity contribution in [2.45, 2.75) is 52.2 Å². The van der Waals surface area contributed by atoms with Crippen LogP contribution in [0.3, 0.4) is 0 Å². The van der Waals surface area contributed by atoms with Crippen LogP contribution in [0.15, 0.2) is 12.2 Å². The van der Waals surface area contributed by atoms with E-state index in [1.807, 2.05) is 20.8 Å². The minimum Gasteiger partial charge on any atom is -0.460 e. The Morgan fingerprint density at radius 3 is 2.55 bits per heavy atom. The SMILES string of the molecule is CCOC(C)C(C)OC(=O)C1CC2CC1C1C3C=CC(C3)C21. The molecule has 9 atom stereocenters. The van der Waals surface area contributed by atoms with Gasteiger partial charge in [-0.1, -0.05) is 12.2 Å². The summed E-state index contributed by atoms with van der Waals surface area (Å²) in [6.45, 7) is 6.58. The molecule has 0 N–H and O–H groups in total. The van der Waals surface area contributed by atoms with Crippen molar-refractivity contribution in [2.75, 3.05) is 6.61 Å². The summed E-state index contributed by atoms with van der Waals surface area (Å²) in [6, 6.07) is 0. The van der Waals surface area contributed by atoms with Crippen molar-refractivity contribution in [1.29, 1.82) is 0 Å². The van der Waals surface area contributed by atoms with Gasteiger partial charge in [-0.15, -0.1) is 0 Å².